The van der Waals surface area contributed by atoms with Gasteiger partial charge in [0.25, 0.3) is 5.24 Å². The number of hydrogen-bond donors (Lipinski definition) is 0. The van der Waals surface area contributed by atoms with Crippen LogP contribution < -0.4 is 0 Å². The van der Waals surface area contributed by atoms with E-state index in [-0.39, 0.29) is 15.6 Å². The molecule has 0 aromatic heterocycles. The molecular weight excluding hydrogens is 349 g/mol. The first-order valence-corrected chi connectivity index (χ1v) is 6.94. The number of benzene rings is 2. The quantitative estimate of drug-likeness (QED) is 0.454. The molecule has 0 radical (unpaired) electrons. The summed E-state index contributed by atoms with van der Waals surface area (Å²) in [5.41, 5.74) is 1.63. The molecule has 1 nitrogen and oxygen atoms in total. The molecule has 0 atom stereocenters. The first kappa shape index (κ1) is 15.0. The highest BCUT2D eigenvalue weighted by Gasteiger charge is 2.13. The van der Waals surface area contributed by atoms with E-state index >= 15 is 0 Å². The molecule has 0 amide bonds. The summed E-state index contributed by atoms with van der Waals surface area (Å²) in [5, 5.41) is 0.607. The molecule has 2 aromatic rings. The summed E-state index contributed by atoms with van der Waals surface area (Å²) in [6.45, 7) is 0. The molecule has 0 heterocycles. The average molecular weight is 354 g/mol. The van der Waals surface area contributed by atoms with Gasteiger partial charge in [0.1, 0.15) is 0 Å². The molecule has 6 heteroatoms. The molecule has 2 rings (SSSR count). The normalized spacial score (nSPS) is 10.6. The number of hydrogen-bond acceptors (Lipinski definition) is 1. The Labute approximate surface area is 135 Å². The molecule has 0 unspecified atom stereocenters. The van der Waals surface area contributed by atoms with Crippen molar-refractivity contribution in [3.63, 3.8) is 0 Å². The maximum absolute atomic E-state index is 11.1. The Bertz CT molecular complexity index is 666. The molecule has 2 aromatic carbocycles. The minimum absolute atomic E-state index is 0.239. The van der Waals surface area contributed by atoms with Crippen molar-refractivity contribution in [2.45, 2.75) is 0 Å². The van der Waals surface area contributed by atoms with Crippen molar-refractivity contribution in [1.82, 2.24) is 0 Å². The summed E-state index contributed by atoms with van der Waals surface area (Å²) < 4.78 is 0. The smallest absolute Gasteiger partial charge is 0.253 e. The van der Waals surface area contributed by atoms with Gasteiger partial charge >= 0.3 is 0 Å². The van der Waals surface area contributed by atoms with Crippen molar-refractivity contribution in [3.05, 3.63) is 56.0 Å². The van der Waals surface area contributed by atoms with Crippen molar-refractivity contribution >= 4 is 63.2 Å². The Hall–Kier alpha value is -0.440. The third kappa shape index (κ3) is 3.01. The molecule has 0 bridgehead atoms. The Morgan fingerprint density at radius 3 is 2.11 bits per heavy atom. The number of carbonyl (C=O) groups is 1. The van der Waals surface area contributed by atoms with Gasteiger partial charge in [-0.15, -0.1) is 0 Å². The second-order valence-electron chi connectivity index (χ2n) is 3.69. The predicted molar refractivity (Wildman–Crippen MR) is 82.1 cm³/mol. The Kier molecular flexibility index (Phi) is 4.65. The van der Waals surface area contributed by atoms with Crippen molar-refractivity contribution in [3.8, 4) is 11.1 Å². The molecule has 19 heavy (non-hydrogen) atoms. The van der Waals surface area contributed by atoms with Crippen molar-refractivity contribution in [2.75, 3.05) is 0 Å². The zero-order valence-corrected chi connectivity index (χ0v) is 13.0. The largest absolute Gasteiger partial charge is 0.276 e. The lowest BCUT2D eigenvalue weighted by Gasteiger charge is -2.09. The van der Waals surface area contributed by atoms with Crippen LogP contribution in [-0.4, -0.2) is 5.24 Å². The van der Waals surface area contributed by atoms with Gasteiger partial charge in [0.15, 0.2) is 0 Å². The van der Waals surface area contributed by atoms with Crippen LogP contribution in [0.2, 0.25) is 20.1 Å². The van der Waals surface area contributed by atoms with Crippen LogP contribution in [-0.2, 0) is 0 Å². The van der Waals surface area contributed by atoms with Crippen LogP contribution in [0.4, 0.5) is 0 Å². The highest BCUT2D eigenvalue weighted by Crippen LogP contribution is 2.39. The minimum atomic E-state index is -0.614. The van der Waals surface area contributed by atoms with Gasteiger partial charge in [-0.2, -0.15) is 0 Å². The first-order chi connectivity index (χ1) is 8.91. The fraction of sp³-hybridized carbons (Fsp3) is 0. The number of rotatable bonds is 2. The van der Waals surface area contributed by atoms with E-state index in [0.717, 1.165) is 5.56 Å². The summed E-state index contributed by atoms with van der Waals surface area (Å²) in [4.78, 5) is 11.1. The molecule has 98 valence electrons. The molecule has 0 aliphatic heterocycles. The summed E-state index contributed by atoms with van der Waals surface area (Å²) in [6.07, 6.45) is 0. The van der Waals surface area contributed by atoms with Gasteiger partial charge in [-0.1, -0.05) is 58.5 Å². The lowest BCUT2D eigenvalue weighted by atomic mass is 10.0. The van der Waals surface area contributed by atoms with E-state index in [0.29, 0.717) is 15.6 Å². The molecule has 0 fully saturated rings. The molecule has 0 N–H and O–H groups in total. The third-order valence-corrected chi connectivity index (χ3v) is 4.34. The van der Waals surface area contributed by atoms with Crippen molar-refractivity contribution in [1.29, 1.82) is 0 Å². The second kappa shape index (κ2) is 5.90. The van der Waals surface area contributed by atoms with E-state index in [9.17, 15) is 4.79 Å². The van der Waals surface area contributed by atoms with Crippen LogP contribution in [0.1, 0.15) is 10.4 Å². The van der Waals surface area contributed by atoms with Crippen LogP contribution in [0.25, 0.3) is 11.1 Å². The first-order valence-electron chi connectivity index (χ1n) is 5.05. The Balaban J connectivity index is 2.58. The Morgan fingerprint density at radius 1 is 0.842 bits per heavy atom. The van der Waals surface area contributed by atoms with Gasteiger partial charge in [-0.05, 0) is 35.4 Å². The van der Waals surface area contributed by atoms with E-state index in [1.54, 1.807) is 24.3 Å². The van der Waals surface area contributed by atoms with E-state index in [2.05, 4.69) is 0 Å². The maximum atomic E-state index is 11.1. The van der Waals surface area contributed by atoms with Gasteiger partial charge in [0.05, 0.1) is 25.7 Å². The van der Waals surface area contributed by atoms with Crippen LogP contribution in [0.15, 0.2) is 30.3 Å². The summed E-state index contributed by atoms with van der Waals surface area (Å²) >= 11 is 29.4. The zero-order valence-electron chi connectivity index (χ0n) is 9.18. The van der Waals surface area contributed by atoms with Crippen molar-refractivity contribution < 1.29 is 4.79 Å². The fourth-order valence-corrected chi connectivity index (χ4v) is 2.71. The van der Waals surface area contributed by atoms with Gasteiger partial charge in [0, 0.05) is 5.56 Å². The van der Waals surface area contributed by atoms with Gasteiger partial charge in [-0.3, -0.25) is 4.79 Å². The third-order valence-electron chi connectivity index (χ3n) is 2.53. The average Bonchev–Trinajstić information content (AvgIpc) is 2.35. The van der Waals surface area contributed by atoms with Crippen LogP contribution in [0, 0.1) is 0 Å². The topological polar surface area (TPSA) is 17.1 Å². The summed E-state index contributed by atoms with van der Waals surface area (Å²) in [6, 6.07) is 8.19. The van der Waals surface area contributed by atoms with E-state index < -0.39 is 5.24 Å². The lowest BCUT2D eigenvalue weighted by Crippen LogP contribution is -1.91. The predicted octanol–water partition coefficient (Wildman–Crippen LogP) is 6.35. The SMILES string of the molecule is O=C(Cl)c1ccc(-c2ccc(Cl)c(Cl)c2Cl)cc1Cl. The maximum Gasteiger partial charge on any atom is 0.253 e. The van der Waals surface area contributed by atoms with Crippen LogP contribution in [0.3, 0.4) is 0 Å². The Morgan fingerprint density at radius 2 is 1.53 bits per heavy atom. The molecular formula is C13H5Cl5O. The number of carbonyl (C=O) groups excluding carboxylic acids is 1. The standard InChI is InChI=1S/C13H5Cl5O/c14-9-4-3-7(11(16)12(9)17)6-1-2-8(13(18)19)10(15)5-6/h1-5H. The van der Waals surface area contributed by atoms with Gasteiger partial charge < -0.3 is 0 Å². The number of halogens is 5. The molecule has 0 aliphatic carbocycles. The van der Waals surface area contributed by atoms with Gasteiger partial charge in [0.2, 0.25) is 0 Å². The van der Waals surface area contributed by atoms with E-state index in [1.807, 2.05) is 0 Å². The molecule has 0 saturated carbocycles. The van der Waals surface area contributed by atoms with Crippen LogP contribution >= 0.6 is 58.0 Å². The van der Waals surface area contributed by atoms with E-state index in [1.165, 1.54) is 6.07 Å². The highest BCUT2D eigenvalue weighted by molar-refractivity contribution is 6.68. The lowest BCUT2D eigenvalue weighted by molar-refractivity contribution is 0.108. The highest BCUT2D eigenvalue weighted by atomic mass is 35.5. The summed E-state index contributed by atoms with van der Waals surface area (Å²) in [7, 11) is 0. The second-order valence-corrected chi connectivity index (χ2v) is 5.60. The molecule has 0 saturated heterocycles. The van der Waals surface area contributed by atoms with Crippen molar-refractivity contribution in [2.24, 2.45) is 0 Å². The minimum Gasteiger partial charge on any atom is -0.276 e. The van der Waals surface area contributed by atoms with Gasteiger partial charge in [-0.25, -0.2) is 0 Å². The van der Waals surface area contributed by atoms with Crippen LogP contribution in [0.5, 0.6) is 0 Å². The fourth-order valence-electron chi connectivity index (χ4n) is 1.59. The summed E-state index contributed by atoms with van der Waals surface area (Å²) in [5.74, 6) is 0. The van der Waals surface area contributed by atoms with E-state index in [4.69, 9.17) is 58.0 Å². The molecule has 0 spiro atoms. The monoisotopic (exact) mass is 352 g/mol. The molecule has 0 aliphatic rings. The zero-order chi connectivity index (χ0) is 14.2.